The Labute approximate surface area is 189 Å². The maximum Gasteiger partial charge on any atom is 0.435 e. The van der Waals surface area contributed by atoms with Crippen molar-refractivity contribution in [1.29, 1.82) is 0 Å². The van der Waals surface area contributed by atoms with Gasteiger partial charge in [0.25, 0.3) is 0 Å². The number of benzene rings is 1. The van der Waals surface area contributed by atoms with Gasteiger partial charge in [-0.25, -0.2) is 9.97 Å². The summed E-state index contributed by atoms with van der Waals surface area (Å²) in [6.07, 6.45) is 0.703. The van der Waals surface area contributed by atoms with Crippen molar-refractivity contribution in [2.24, 2.45) is 0 Å². The summed E-state index contributed by atoms with van der Waals surface area (Å²) in [4.78, 5) is 11.0. The van der Waals surface area contributed by atoms with Crippen molar-refractivity contribution < 1.29 is 13.2 Å². The Kier molecular flexibility index (Phi) is 6.03. The number of hydrogen-bond donors (Lipinski definition) is 1. The van der Waals surface area contributed by atoms with Crippen molar-refractivity contribution in [3.05, 3.63) is 34.7 Å². The molecule has 1 saturated heterocycles. The van der Waals surface area contributed by atoms with Crippen LogP contribution >= 0.6 is 11.6 Å². The number of pyridine rings is 1. The van der Waals surface area contributed by atoms with Crippen molar-refractivity contribution in [1.82, 2.24) is 24.8 Å². The highest BCUT2D eigenvalue weighted by atomic mass is 35.5. The van der Waals surface area contributed by atoms with Crippen molar-refractivity contribution in [3.63, 3.8) is 0 Å². The minimum Gasteiger partial charge on any atom is -0.326 e. The lowest BCUT2D eigenvalue weighted by Gasteiger charge is -2.28. The van der Waals surface area contributed by atoms with Gasteiger partial charge >= 0.3 is 6.18 Å². The van der Waals surface area contributed by atoms with Gasteiger partial charge in [0, 0.05) is 55.6 Å². The van der Waals surface area contributed by atoms with Gasteiger partial charge in [0.15, 0.2) is 5.69 Å². The molecule has 172 valence electrons. The summed E-state index contributed by atoms with van der Waals surface area (Å²) >= 11 is 6.11. The average molecular weight is 466 g/mol. The van der Waals surface area contributed by atoms with E-state index in [1.54, 1.807) is 12.1 Å². The second kappa shape index (κ2) is 8.80. The van der Waals surface area contributed by atoms with E-state index in [9.17, 15) is 13.2 Å². The van der Waals surface area contributed by atoms with E-state index < -0.39 is 11.9 Å². The summed E-state index contributed by atoms with van der Waals surface area (Å²) in [5.74, 6) is 0.965. The van der Waals surface area contributed by atoms with Crippen LogP contribution in [-0.2, 0) is 12.7 Å². The minimum absolute atomic E-state index is 0.0341. The maximum atomic E-state index is 14.0. The molecule has 1 aliphatic heterocycles. The van der Waals surface area contributed by atoms with E-state index in [0.29, 0.717) is 22.5 Å². The molecule has 1 N–H and O–H groups in total. The van der Waals surface area contributed by atoms with E-state index in [0.717, 1.165) is 64.2 Å². The van der Waals surface area contributed by atoms with E-state index in [1.807, 2.05) is 0 Å². The van der Waals surface area contributed by atoms with Gasteiger partial charge in [0.1, 0.15) is 11.3 Å². The summed E-state index contributed by atoms with van der Waals surface area (Å²) in [5.41, 5.74) is -0.154. The predicted molar refractivity (Wildman–Crippen MR) is 120 cm³/mol. The third-order valence-corrected chi connectivity index (χ3v) is 6.99. The fourth-order valence-corrected chi connectivity index (χ4v) is 5.32. The molecule has 2 aliphatic rings. The molecule has 2 fully saturated rings. The molecule has 1 aliphatic carbocycles. The largest absolute Gasteiger partial charge is 0.435 e. The molecule has 0 spiro atoms. The van der Waals surface area contributed by atoms with Crippen molar-refractivity contribution in [2.45, 2.75) is 50.7 Å². The molecular weight excluding hydrogens is 439 g/mol. The third-order valence-electron chi connectivity index (χ3n) is 6.76. The van der Waals surface area contributed by atoms with Crippen LogP contribution in [0.4, 0.5) is 13.2 Å². The number of nitrogens with one attached hydrogen (secondary N) is 1. The van der Waals surface area contributed by atoms with E-state index in [4.69, 9.17) is 11.6 Å². The fourth-order valence-electron chi connectivity index (χ4n) is 5.15. The molecule has 5 rings (SSSR count). The molecule has 5 nitrogen and oxygen atoms in total. The van der Waals surface area contributed by atoms with Crippen LogP contribution in [-0.4, -0.2) is 52.2 Å². The summed E-state index contributed by atoms with van der Waals surface area (Å²) in [6, 6.07) is 5.01. The average Bonchev–Trinajstić information content (AvgIpc) is 3.17. The maximum absolute atomic E-state index is 14.0. The topological polar surface area (TPSA) is 46.0 Å². The minimum atomic E-state index is -4.59. The van der Waals surface area contributed by atoms with Crippen molar-refractivity contribution in [2.75, 3.05) is 32.7 Å². The molecule has 3 aromatic rings. The lowest BCUT2D eigenvalue weighted by Crippen LogP contribution is -2.44. The van der Waals surface area contributed by atoms with Crippen LogP contribution in [0.3, 0.4) is 0 Å². The van der Waals surface area contributed by atoms with E-state index in [2.05, 4.69) is 24.8 Å². The molecular formula is C23H27ClF3N5. The quantitative estimate of drug-likeness (QED) is 0.574. The van der Waals surface area contributed by atoms with Gasteiger partial charge in [0.05, 0.1) is 11.0 Å². The van der Waals surface area contributed by atoms with E-state index in [-0.39, 0.29) is 17.0 Å². The number of aromatic nitrogens is 3. The van der Waals surface area contributed by atoms with E-state index >= 15 is 0 Å². The SMILES string of the molecule is FC(F)(F)c1nc2cc(Cl)ccc2c2c1nc(C1CCCCC1)n2CCN1CCNCC1. The first-order chi connectivity index (χ1) is 15.4. The smallest absolute Gasteiger partial charge is 0.326 e. The lowest BCUT2D eigenvalue weighted by molar-refractivity contribution is -0.139. The van der Waals surface area contributed by atoms with Gasteiger partial charge in [-0.1, -0.05) is 30.9 Å². The normalized spacial score (nSPS) is 19.2. The summed E-state index contributed by atoms with van der Waals surface area (Å²) in [6.45, 7) is 5.15. The zero-order valence-electron chi connectivity index (χ0n) is 17.9. The lowest BCUT2D eigenvalue weighted by atomic mass is 9.88. The number of imidazole rings is 1. The third kappa shape index (κ3) is 4.20. The second-order valence-electron chi connectivity index (χ2n) is 8.87. The number of rotatable bonds is 4. The summed E-state index contributed by atoms with van der Waals surface area (Å²) in [7, 11) is 0. The molecule has 3 heterocycles. The van der Waals surface area contributed by atoms with Crippen LogP contribution in [0, 0.1) is 0 Å². The van der Waals surface area contributed by atoms with Gasteiger partial charge < -0.3 is 9.88 Å². The van der Waals surface area contributed by atoms with Gasteiger partial charge in [-0.3, -0.25) is 4.90 Å². The number of alkyl halides is 3. The molecule has 0 unspecified atom stereocenters. The highest BCUT2D eigenvalue weighted by Crippen LogP contribution is 2.40. The molecule has 0 amide bonds. The highest BCUT2D eigenvalue weighted by molar-refractivity contribution is 6.31. The number of fused-ring (bicyclic) bond motifs is 3. The Balaban J connectivity index is 1.70. The van der Waals surface area contributed by atoms with E-state index in [1.165, 1.54) is 12.5 Å². The standard InChI is InChI=1S/C23H27ClF3N5/c24-16-6-7-17-18(14-16)29-21(23(25,26)27)19-20(17)32(13-12-31-10-8-28-9-11-31)22(30-19)15-4-2-1-3-5-15/h6-7,14-15,28H,1-5,8-13H2. The number of hydrogen-bond acceptors (Lipinski definition) is 4. The molecule has 0 atom stereocenters. The monoisotopic (exact) mass is 465 g/mol. The molecule has 1 aromatic carbocycles. The Morgan fingerprint density at radius 3 is 2.50 bits per heavy atom. The molecule has 9 heteroatoms. The van der Waals surface area contributed by atoms with Gasteiger partial charge in [-0.05, 0) is 31.0 Å². The zero-order chi connectivity index (χ0) is 22.3. The first-order valence-corrected chi connectivity index (χ1v) is 11.8. The van der Waals surface area contributed by atoms with Gasteiger partial charge in [-0.15, -0.1) is 0 Å². The molecule has 0 radical (unpaired) electrons. The van der Waals surface area contributed by atoms with Crippen LogP contribution in [0.5, 0.6) is 0 Å². The Morgan fingerprint density at radius 1 is 1.03 bits per heavy atom. The zero-order valence-corrected chi connectivity index (χ0v) is 18.6. The first kappa shape index (κ1) is 21.9. The number of halogens is 4. The van der Waals surface area contributed by atoms with Gasteiger partial charge in [-0.2, -0.15) is 13.2 Å². The van der Waals surface area contributed by atoms with Crippen LogP contribution < -0.4 is 5.32 Å². The van der Waals surface area contributed by atoms with Crippen LogP contribution in [0.25, 0.3) is 21.9 Å². The number of piperazine rings is 1. The predicted octanol–water partition coefficient (Wildman–Crippen LogP) is 5.21. The molecule has 32 heavy (non-hydrogen) atoms. The fraction of sp³-hybridized carbons (Fsp3) is 0.565. The van der Waals surface area contributed by atoms with Crippen molar-refractivity contribution in [3.8, 4) is 0 Å². The molecule has 0 bridgehead atoms. The Bertz CT molecular complexity index is 1110. The number of nitrogens with zero attached hydrogens (tertiary/aromatic N) is 4. The summed E-state index contributed by atoms with van der Waals surface area (Å²) in [5, 5.41) is 4.39. The Morgan fingerprint density at radius 2 is 1.78 bits per heavy atom. The van der Waals surface area contributed by atoms with Crippen LogP contribution in [0.2, 0.25) is 5.02 Å². The first-order valence-electron chi connectivity index (χ1n) is 11.4. The highest BCUT2D eigenvalue weighted by Gasteiger charge is 2.38. The molecule has 2 aromatic heterocycles. The summed E-state index contributed by atoms with van der Waals surface area (Å²) < 4.78 is 44.2. The van der Waals surface area contributed by atoms with Crippen LogP contribution in [0.1, 0.15) is 49.5 Å². The van der Waals surface area contributed by atoms with Gasteiger partial charge in [0.2, 0.25) is 0 Å². The van der Waals surface area contributed by atoms with Crippen LogP contribution in [0.15, 0.2) is 18.2 Å². The van der Waals surface area contributed by atoms with Crippen molar-refractivity contribution >= 4 is 33.5 Å². The molecule has 1 saturated carbocycles. The Hall–Kier alpha value is -1.90. The second-order valence-corrected chi connectivity index (χ2v) is 9.30.